The summed E-state index contributed by atoms with van der Waals surface area (Å²) in [7, 11) is 0. The predicted molar refractivity (Wildman–Crippen MR) is 366 cm³/mol. The number of benzene rings is 8. The van der Waals surface area contributed by atoms with Gasteiger partial charge in [-0.05, 0) is 131 Å². The summed E-state index contributed by atoms with van der Waals surface area (Å²) < 4.78 is 21.7. The van der Waals surface area contributed by atoms with Crippen molar-refractivity contribution in [2.24, 2.45) is 0 Å². The molecule has 96 heavy (non-hydrogen) atoms. The molecule has 466 valence electrons. The number of ether oxygens (including phenoxy) is 2. The van der Waals surface area contributed by atoms with Crippen LogP contribution in [0.1, 0.15) is 13.8 Å². The van der Waals surface area contributed by atoms with E-state index in [-0.39, 0.29) is 40.8 Å². The van der Waals surface area contributed by atoms with Gasteiger partial charge in [0.15, 0.2) is 0 Å². The van der Waals surface area contributed by atoms with Crippen LogP contribution < -0.4 is 9.47 Å². The molecule has 0 fully saturated rings. The summed E-state index contributed by atoms with van der Waals surface area (Å²) in [4.78, 5) is 55.7. The fourth-order valence-corrected chi connectivity index (χ4v) is 13.1. The minimum Gasteiger partial charge on any atom is -0.497 e. The van der Waals surface area contributed by atoms with Gasteiger partial charge in [0.2, 0.25) is 0 Å². The third-order valence-electron chi connectivity index (χ3n) is 16.8. The monoisotopic (exact) mass is 1430 g/mol. The number of aromatic nitrogens is 12. The van der Waals surface area contributed by atoms with Crippen molar-refractivity contribution in [2.75, 3.05) is 0 Å². The predicted octanol–water partition coefficient (Wildman–Crippen LogP) is 16.7. The van der Waals surface area contributed by atoms with Crippen LogP contribution in [0.2, 0.25) is 0 Å². The van der Waals surface area contributed by atoms with Crippen LogP contribution in [0.5, 0.6) is 23.0 Å². The Kier molecular flexibility index (Phi) is 15.2. The molecule has 0 saturated heterocycles. The average Bonchev–Trinajstić information content (AvgIpc) is 1.52. The van der Waals surface area contributed by atoms with Gasteiger partial charge in [0, 0.05) is 104 Å². The minimum absolute atomic E-state index is 0. The van der Waals surface area contributed by atoms with Gasteiger partial charge in [-0.1, -0.05) is 94.3 Å². The van der Waals surface area contributed by atoms with E-state index in [0.717, 1.165) is 179 Å². The molecule has 12 aromatic heterocycles. The number of pyridine rings is 8. The van der Waals surface area contributed by atoms with Gasteiger partial charge in [0.1, 0.15) is 22.8 Å². The molecular weight excluding hydrogens is 1390 g/mol. The van der Waals surface area contributed by atoms with E-state index in [4.69, 9.17) is 49.2 Å². The maximum Gasteiger partial charge on any atom is 2.00 e. The van der Waals surface area contributed by atoms with E-state index in [9.17, 15) is 0 Å². The number of aliphatic carboxylic acids is 2. The van der Waals surface area contributed by atoms with Crippen LogP contribution in [0.15, 0.2) is 232 Å². The van der Waals surface area contributed by atoms with Gasteiger partial charge in [-0.15, -0.1) is 12.1 Å². The van der Waals surface area contributed by atoms with Crippen LogP contribution in [-0.4, -0.2) is 79.6 Å². The number of rotatable bonds is 4. The number of nitrogens with zero attached hydrogens (tertiary/aromatic N) is 12. The van der Waals surface area contributed by atoms with Crippen molar-refractivity contribution in [2.45, 2.75) is 13.8 Å². The van der Waals surface area contributed by atoms with Crippen molar-refractivity contribution in [3.63, 3.8) is 0 Å². The molecule has 0 aliphatic heterocycles. The smallest absolute Gasteiger partial charge is 0.497 e. The quantitative estimate of drug-likeness (QED) is 0.0953. The second-order valence-electron chi connectivity index (χ2n) is 22.5. The first-order valence-corrected chi connectivity index (χ1v) is 30.0. The molecule has 0 bridgehead atoms. The SMILES string of the molecule is CC(=O)O.CC(=O)O.[Pd+2].[Pd].[c-]1c(Oc2[c-]c3c(cc2)c2ccncc2n2c4ccccc4nc32)ccc2c1c1nc3ccccc3n1c1cnccc21.c1ccc2c(c1)nc1c3cc(Oc4ccc5c6ccncc6n6c7ccccc7nc6c5c4)ccc3c3ccncc3n21. The zero-order chi connectivity index (χ0) is 63.3. The Hall–Kier alpha value is -11.9. The first-order valence-electron chi connectivity index (χ1n) is 30.0. The van der Waals surface area contributed by atoms with Crippen LogP contribution in [0.4, 0.5) is 0 Å². The van der Waals surface area contributed by atoms with Gasteiger partial charge < -0.3 is 28.5 Å². The zero-order valence-electron chi connectivity index (χ0n) is 50.5. The number of para-hydroxylation sites is 8. The Labute approximate surface area is 569 Å². The molecule has 20 heteroatoms. The number of carboxylic acid groups (broad SMARTS) is 2. The standard InChI is InChI=1S/C36H20N6O.C36H18N6O.2C2H4O2.2Pd/c2*1-3-7-31-29(5-1)39-35-27-17-21(9-11-23(27)25-13-15-37-19-33(25)41(31)35)43-22-10-12-24-26-14-16-38-20-34(26)42-32-8-4-2-6-30(32)40-36(42)28(24)18-22;2*1-2(3)4;;/h1-20H;1-16,19-20H;2*1H3,(H,3,4);;/q;-2;;;;+2. The fourth-order valence-electron chi connectivity index (χ4n) is 13.1. The molecule has 20 rings (SSSR count). The van der Waals surface area contributed by atoms with Crippen molar-refractivity contribution < 1.29 is 70.1 Å². The normalized spacial score (nSPS) is 11.4. The number of fused-ring (bicyclic) bond motifs is 32. The van der Waals surface area contributed by atoms with Crippen LogP contribution in [0.25, 0.3) is 153 Å². The molecule has 2 N–H and O–H groups in total. The molecule has 0 atom stereocenters. The van der Waals surface area contributed by atoms with Gasteiger partial charge >= 0.3 is 20.4 Å². The summed E-state index contributed by atoms with van der Waals surface area (Å²) in [6, 6.07) is 68.5. The summed E-state index contributed by atoms with van der Waals surface area (Å²) in [6.45, 7) is 2.17. The number of imidazole rings is 4. The number of carboxylic acids is 2. The molecular formula is C76H46N12O6Pd2. The first-order chi connectivity index (χ1) is 46.1. The van der Waals surface area contributed by atoms with E-state index in [1.165, 1.54) is 0 Å². The molecule has 0 spiro atoms. The molecule has 0 unspecified atom stereocenters. The molecule has 12 heterocycles. The molecule has 0 saturated carbocycles. The van der Waals surface area contributed by atoms with Crippen molar-refractivity contribution in [1.29, 1.82) is 0 Å². The maximum absolute atomic E-state index is 9.00. The van der Waals surface area contributed by atoms with E-state index in [0.29, 0.717) is 11.5 Å². The van der Waals surface area contributed by atoms with Gasteiger partial charge in [-0.25, -0.2) is 9.97 Å². The second-order valence-corrected chi connectivity index (χ2v) is 22.5. The Balaban J connectivity index is 0.000000139. The summed E-state index contributed by atoms with van der Waals surface area (Å²) >= 11 is 0. The van der Waals surface area contributed by atoms with Crippen molar-refractivity contribution >= 4 is 165 Å². The van der Waals surface area contributed by atoms with E-state index >= 15 is 0 Å². The van der Waals surface area contributed by atoms with Crippen LogP contribution in [0.3, 0.4) is 0 Å². The first kappa shape index (κ1) is 60.4. The second kappa shape index (κ2) is 24.2. The third kappa shape index (κ3) is 10.0. The third-order valence-corrected chi connectivity index (χ3v) is 16.8. The van der Waals surface area contributed by atoms with E-state index in [1.807, 2.05) is 159 Å². The largest absolute Gasteiger partial charge is 2.00 e. The minimum atomic E-state index is -0.833. The van der Waals surface area contributed by atoms with Crippen molar-refractivity contribution in [3.05, 3.63) is 244 Å². The summed E-state index contributed by atoms with van der Waals surface area (Å²) in [6.07, 6.45) is 14.9. The molecule has 20 aromatic rings. The van der Waals surface area contributed by atoms with Crippen LogP contribution >= 0.6 is 0 Å². The molecule has 0 amide bonds. The molecule has 18 nitrogen and oxygen atoms in total. The van der Waals surface area contributed by atoms with Gasteiger partial charge in [-0.2, -0.15) is 0 Å². The molecule has 0 aliphatic rings. The van der Waals surface area contributed by atoms with E-state index in [2.05, 4.69) is 122 Å². The summed E-state index contributed by atoms with van der Waals surface area (Å²) in [5.74, 6) is 0.979. The molecule has 0 aliphatic carbocycles. The zero-order valence-corrected chi connectivity index (χ0v) is 53.6. The van der Waals surface area contributed by atoms with E-state index in [1.54, 1.807) is 0 Å². The van der Waals surface area contributed by atoms with E-state index < -0.39 is 11.9 Å². The van der Waals surface area contributed by atoms with Crippen molar-refractivity contribution in [1.82, 2.24) is 57.5 Å². The number of hydrogen-bond acceptors (Lipinski definition) is 12. The fraction of sp³-hybridized carbons (Fsp3) is 0.0263. The average molecular weight is 1440 g/mol. The Bertz CT molecular complexity index is 5800. The van der Waals surface area contributed by atoms with Gasteiger partial charge in [0.25, 0.3) is 11.9 Å². The maximum atomic E-state index is 9.00. The molecule has 8 aromatic carbocycles. The Morgan fingerprint density at radius 3 is 0.979 bits per heavy atom. The summed E-state index contributed by atoms with van der Waals surface area (Å²) in [5, 5.41) is 27.3. The Morgan fingerprint density at radius 1 is 0.344 bits per heavy atom. The van der Waals surface area contributed by atoms with Gasteiger partial charge in [0.05, 0.1) is 89.9 Å². The van der Waals surface area contributed by atoms with Crippen molar-refractivity contribution in [3.8, 4) is 23.0 Å². The topological polar surface area (TPSA) is 214 Å². The Morgan fingerprint density at radius 2 is 0.635 bits per heavy atom. The van der Waals surface area contributed by atoms with Gasteiger partial charge in [-0.3, -0.25) is 48.3 Å². The molecule has 0 radical (unpaired) electrons. The van der Waals surface area contributed by atoms with Crippen LogP contribution in [-0.2, 0) is 50.4 Å². The van der Waals surface area contributed by atoms with Crippen LogP contribution in [0, 0.1) is 12.1 Å². The number of carbonyl (C=O) groups is 2. The number of hydrogen-bond donors (Lipinski definition) is 2. The summed E-state index contributed by atoms with van der Waals surface area (Å²) in [5.41, 5.74) is 15.3.